The van der Waals surface area contributed by atoms with Crippen molar-refractivity contribution in [2.75, 3.05) is 10.2 Å². The number of nitrogens with zero attached hydrogens (tertiary/aromatic N) is 4. The van der Waals surface area contributed by atoms with Crippen LogP contribution in [0.4, 0.5) is 16.3 Å². The first-order chi connectivity index (χ1) is 14.5. The molecule has 3 heterocycles. The number of hydrogen-bond donors (Lipinski definition) is 1. The van der Waals surface area contributed by atoms with E-state index in [1.165, 1.54) is 12.1 Å². The molecule has 152 valence electrons. The fraction of sp³-hybridized carbons (Fsp3) is 0.238. The number of anilines is 2. The molecule has 30 heavy (non-hydrogen) atoms. The monoisotopic (exact) mass is 425 g/mol. The quantitative estimate of drug-likeness (QED) is 0.644. The molecule has 1 N–H and O–H groups in total. The molecule has 2 aliphatic rings. The molecule has 2 atom stereocenters. The molecule has 1 fully saturated rings. The van der Waals surface area contributed by atoms with Crippen molar-refractivity contribution in [1.82, 2.24) is 14.8 Å². The van der Waals surface area contributed by atoms with Crippen molar-refractivity contribution in [3.8, 4) is 0 Å². The van der Waals surface area contributed by atoms with Crippen LogP contribution in [0.2, 0.25) is 5.02 Å². The van der Waals surface area contributed by atoms with E-state index in [1.54, 1.807) is 16.8 Å². The maximum atomic E-state index is 13.5. The van der Waals surface area contributed by atoms with Crippen LogP contribution >= 0.6 is 11.6 Å². The Hall–Kier alpha value is -3.26. The van der Waals surface area contributed by atoms with Gasteiger partial charge in [0.1, 0.15) is 5.82 Å². The molecule has 3 aromatic rings. The van der Waals surface area contributed by atoms with Gasteiger partial charge in [-0.2, -0.15) is 4.98 Å². The zero-order valence-electron chi connectivity index (χ0n) is 15.8. The Balaban J connectivity index is 1.57. The lowest BCUT2D eigenvalue weighted by Crippen LogP contribution is -2.30. The van der Waals surface area contributed by atoms with Crippen LogP contribution in [0.25, 0.3) is 0 Å². The zero-order chi connectivity index (χ0) is 20.8. The molecule has 7 nitrogen and oxygen atoms in total. The van der Waals surface area contributed by atoms with E-state index >= 15 is 0 Å². The summed E-state index contributed by atoms with van der Waals surface area (Å²) < 4.78 is 15.1. The predicted octanol–water partition coefficient (Wildman–Crippen LogP) is 3.87. The second-order valence-corrected chi connectivity index (χ2v) is 7.79. The van der Waals surface area contributed by atoms with E-state index in [4.69, 9.17) is 11.6 Å². The van der Waals surface area contributed by atoms with E-state index in [0.717, 1.165) is 16.0 Å². The summed E-state index contributed by atoms with van der Waals surface area (Å²) in [4.78, 5) is 29.8. The molecule has 2 amide bonds. The molecule has 0 aliphatic carbocycles. The highest BCUT2D eigenvalue weighted by molar-refractivity contribution is 6.30. The highest BCUT2D eigenvalue weighted by Crippen LogP contribution is 2.39. The van der Waals surface area contributed by atoms with Crippen LogP contribution in [-0.2, 0) is 9.59 Å². The van der Waals surface area contributed by atoms with Crippen LogP contribution in [0, 0.1) is 5.82 Å². The molecule has 5 rings (SSSR count). The molecule has 2 unspecified atom stereocenters. The third-order valence-electron chi connectivity index (χ3n) is 5.46. The standard InChI is InChI=1S/C21H17ClFN5O2/c22-14-5-1-12(2-6-14)16-11-17(13-3-7-15(23)8-4-13)28-20(24-16)25-21(26-28)27-18(29)9-10-19(27)30/h1-8,16-17H,9-11H2,(H,24,25,26). The number of halogens is 2. The van der Waals surface area contributed by atoms with Gasteiger partial charge < -0.3 is 5.32 Å². The molecular weight excluding hydrogens is 409 g/mol. The SMILES string of the molecule is O=C1CCC(=O)N1c1nc2n(n1)C(c1ccc(F)cc1)CC(c1ccc(Cl)cc1)N2. The Morgan fingerprint density at radius 1 is 0.967 bits per heavy atom. The van der Waals surface area contributed by atoms with Crippen molar-refractivity contribution in [3.63, 3.8) is 0 Å². The van der Waals surface area contributed by atoms with Crippen molar-refractivity contribution in [3.05, 3.63) is 70.5 Å². The maximum absolute atomic E-state index is 13.5. The van der Waals surface area contributed by atoms with Gasteiger partial charge in [0.2, 0.25) is 17.8 Å². The Labute approximate surface area is 176 Å². The minimum atomic E-state index is -0.324. The summed E-state index contributed by atoms with van der Waals surface area (Å²) in [5.74, 6) is -0.437. The van der Waals surface area contributed by atoms with Gasteiger partial charge in [0.05, 0.1) is 12.1 Å². The first-order valence-corrected chi connectivity index (χ1v) is 9.97. The number of amides is 2. The fourth-order valence-electron chi connectivity index (χ4n) is 3.94. The number of carbonyl (C=O) groups is 2. The number of hydrogen-bond acceptors (Lipinski definition) is 5. The molecule has 0 spiro atoms. The van der Waals surface area contributed by atoms with Crippen LogP contribution < -0.4 is 10.2 Å². The van der Waals surface area contributed by atoms with Gasteiger partial charge in [0.15, 0.2) is 0 Å². The Kier molecular flexibility index (Phi) is 4.51. The van der Waals surface area contributed by atoms with Crippen LogP contribution in [0.1, 0.15) is 42.5 Å². The summed E-state index contributed by atoms with van der Waals surface area (Å²) >= 11 is 6.02. The maximum Gasteiger partial charge on any atom is 0.260 e. The number of imide groups is 1. The Morgan fingerprint density at radius 3 is 2.27 bits per heavy atom. The third kappa shape index (κ3) is 3.23. The van der Waals surface area contributed by atoms with Gasteiger partial charge in [-0.1, -0.05) is 35.9 Å². The Morgan fingerprint density at radius 2 is 1.60 bits per heavy atom. The van der Waals surface area contributed by atoms with Crippen LogP contribution in [0.5, 0.6) is 0 Å². The van der Waals surface area contributed by atoms with Crippen LogP contribution in [0.3, 0.4) is 0 Å². The van der Waals surface area contributed by atoms with Crippen molar-refractivity contribution < 1.29 is 14.0 Å². The second-order valence-electron chi connectivity index (χ2n) is 7.35. The summed E-state index contributed by atoms with van der Waals surface area (Å²) in [5, 5.41) is 8.45. The molecule has 2 aromatic carbocycles. The highest BCUT2D eigenvalue weighted by atomic mass is 35.5. The minimum Gasteiger partial charge on any atom is -0.347 e. The van der Waals surface area contributed by atoms with Crippen LogP contribution in [-0.4, -0.2) is 26.6 Å². The topological polar surface area (TPSA) is 80.1 Å². The fourth-order valence-corrected chi connectivity index (χ4v) is 4.06. The lowest BCUT2D eigenvalue weighted by molar-refractivity contribution is -0.121. The number of aromatic nitrogens is 3. The molecule has 0 radical (unpaired) electrons. The largest absolute Gasteiger partial charge is 0.347 e. The first kappa shape index (κ1) is 18.7. The molecule has 2 aliphatic heterocycles. The lowest BCUT2D eigenvalue weighted by atomic mass is 9.93. The van der Waals surface area contributed by atoms with Gasteiger partial charge in [0.25, 0.3) is 5.95 Å². The normalized spacial score (nSPS) is 20.9. The average molecular weight is 426 g/mol. The van der Waals surface area contributed by atoms with Gasteiger partial charge >= 0.3 is 0 Å². The summed E-state index contributed by atoms with van der Waals surface area (Å²) in [6.07, 6.45) is 0.931. The lowest BCUT2D eigenvalue weighted by Gasteiger charge is -2.31. The zero-order valence-corrected chi connectivity index (χ0v) is 16.5. The van der Waals surface area contributed by atoms with Gasteiger partial charge in [-0.05, 0) is 41.8 Å². The van der Waals surface area contributed by atoms with Crippen molar-refractivity contribution in [2.24, 2.45) is 0 Å². The smallest absolute Gasteiger partial charge is 0.260 e. The number of nitrogens with one attached hydrogen (secondary N) is 1. The average Bonchev–Trinajstić information content (AvgIpc) is 3.30. The Bertz CT molecular complexity index is 1110. The number of benzene rings is 2. The van der Waals surface area contributed by atoms with Crippen molar-refractivity contribution in [2.45, 2.75) is 31.3 Å². The first-order valence-electron chi connectivity index (χ1n) is 9.59. The number of carbonyl (C=O) groups excluding carboxylic acids is 2. The van der Waals surface area contributed by atoms with E-state index in [-0.39, 0.29) is 48.5 Å². The molecule has 0 saturated carbocycles. The highest BCUT2D eigenvalue weighted by Gasteiger charge is 2.37. The summed E-state index contributed by atoms with van der Waals surface area (Å²) in [7, 11) is 0. The van der Waals surface area contributed by atoms with E-state index in [1.807, 2.05) is 24.3 Å². The molecular formula is C21H17ClFN5O2. The third-order valence-corrected chi connectivity index (χ3v) is 5.71. The van der Waals surface area contributed by atoms with E-state index in [0.29, 0.717) is 17.4 Å². The summed E-state index contributed by atoms with van der Waals surface area (Å²) in [5.41, 5.74) is 1.87. The molecule has 1 saturated heterocycles. The van der Waals surface area contributed by atoms with Crippen molar-refractivity contribution >= 4 is 35.3 Å². The van der Waals surface area contributed by atoms with Gasteiger partial charge in [-0.25, -0.2) is 14.0 Å². The number of fused-ring (bicyclic) bond motifs is 1. The summed E-state index contributed by atoms with van der Waals surface area (Å²) in [6.45, 7) is 0. The van der Waals surface area contributed by atoms with Gasteiger partial charge in [-0.3, -0.25) is 9.59 Å². The minimum absolute atomic E-state index is 0.0638. The number of rotatable bonds is 3. The van der Waals surface area contributed by atoms with E-state index < -0.39 is 0 Å². The van der Waals surface area contributed by atoms with E-state index in [2.05, 4.69) is 15.4 Å². The second kappa shape index (κ2) is 7.21. The van der Waals surface area contributed by atoms with Gasteiger partial charge in [0, 0.05) is 17.9 Å². The molecule has 1 aromatic heterocycles. The molecule has 0 bridgehead atoms. The van der Waals surface area contributed by atoms with Crippen LogP contribution in [0.15, 0.2) is 48.5 Å². The van der Waals surface area contributed by atoms with Gasteiger partial charge in [-0.15, -0.1) is 5.10 Å². The summed E-state index contributed by atoms with van der Waals surface area (Å²) in [6, 6.07) is 13.4. The van der Waals surface area contributed by atoms with Crippen molar-refractivity contribution in [1.29, 1.82) is 0 Å². The predicted molar refractivity (Wildman–Crippen MR) is 109 cm³/mol. The van der Waals surface area contributed by atoms with E-state index in [9.17, 15) is 14.0 Å². The molecule has 9 heteroatoms.